The first-order chi connectivity index (χ1) is 6.28. The smallest absolute Gasteiger partial charge is 0.0534 e. The van der Waals surface area contributed by atoms with E-state index >= 15 is 0 Å². The van der Waals surface area contributed by atoms with Crippen LogP contribution in [0.25, 0.3) is 0 Å². The molecule has 3 rings (SSSR count). The van der Waals surface area contributed by atoms with Crippen molar-refractivity contribution in [3.8, 4) is 0 Å². The van der Waals surface area contributed by atoms with Crippen LogP contribution in [-0.4, -0.2) is 30.8 Å². The first-order valence-electron chi connectivity index (χ1n) is 5.39. The van der Waals surface area contributed by atoms with Crippen LogP contribution in [0.1, 0.15) is 25.7 Å². The molecule has 0 radical (unpaired) electrons. The van der Waals surface area contributed by atoms with E-state index in [4.69, 9.17) is 10.5 Å². The maximum atomic E-state index is 6.08. The lowest BCUT2D eigenvalue weighted by atomic mass is 9.76. The summed E-state index contributed by atoms with van der Waals surface area (Å²) in [6.45, 7) is 1.90. The number of nitrogens with one attached hydrogen (secondary N) is 1. The van der Waals surface area contributed by atoms with Gasteiger partial charge in [-0.25, -0.2) is 0 Å². The van der Waals surface area contributed by atoms with Crippen molar-refractivity contribution in [2.24, 2.45) is 11.7 Å². The van der Waals surface area contributed by atoms with E-state index in [0.717, 1.165) is 25.6 Å². The van der Waals surface area contributed by atoms with E-state index in [1.807, 2.05) is 0 Å². The zero-order chi connectivity index (χ0) is 8.89. The number of hydrogen-bond donors (Lipinski definition) is 2. The van der Waals surface area contributed by atoms with Gasteiger partial charge in [0.2, 0.25) is 0 Å². The third-order valence-corrected chi connectivity index (χ3v) is 4.06. The SMILES string of the molecule is NC1CC2CCC(C3COC3)(C1)N2. The normalized spacial score (nSPS) is 50.5. The molecule has 74 valence electrons. The largest absolute Gasteiger partial charge is 0.381 e. The molecule has 3 atom stereocenters. The molecule has 3 nitrogen and oxygen atoms in total. The van der Waals surface area contributed by atoms with Crippen LogP contribution in [0, 0.1) is 5.92 Å². The molecule has 2 bridgehead atoms. The van der Waals surface area contributed by atoms with Gasteiger partial charge in [0.15, 0.2) is 0 Å². The maximum absolute atomic E-state index is 6.08. The Hall–Kier alpha value is -0.120. The van der Waals surface area contributed by atoms with Gasteiger partial charge >= 0.3 is 0 Å². The minimum atomic E-state index is 0.362. The average molecular weight is 182 g/mol. The summed E-state index contributed by atoms with van der Waals surface area (Å²) < 4.78 is 5.29. The summed E-state index contributed by atoms with van der Waals surface area (Å²) in [7, 11) is 0. The number of ether oxygens (including phenoxy) is 1. The molecule has 3 fully saturated rings. The predicted octanol–water partition coefficient (Wildman–Crippen LogP) is 0.245. The molecule has 3 aliphatic heterocycles. The van der Waals surface area contributed by atoms with Crippen molar-refractivity contribution < 1.29 is 4.74 Å². The second-order valence-corrected chi connectivity index (χ2v) is 4.97. The Bertz CT molecular complexity index is 217. The van der Waals surface area contributed by atoms with Crippen molar-refractivity contribution in [1.82, 2.24) is 5.32 Å². The van der Waals surface area contributed by atoms with Gasteiger partial charge in [-0.15, -0.1) is 0 Å². The van der Waals surface area contributed by atoms with Gasteiger partial charge < -0.3 is 15.8 Å². The number of hydrogen-bond acceptors (Lipinski definition) is 3. The van der Waals surface area contributed by atoms with Gasteiger partial charge in [-0.05, 0) is 25.7 Å². The molecule has 3 saturated heterocycles. The fourth-order valence-corrected chi connectivity index (χ4v) is 3.28. The summed E-state index contributed by atoms with van der Waals surface area (Å²) in [4.78, 5) is 0. The van der Waals surface area contributed by atoms with Crippen LogP contribution in [0.15, 0.2) is 0 Å². The van der Waals surface area contributed by atoms with E-state index in [1.54, 1.807) is 0 Å². The Kier molecular flexibility index (Phi) is 1.70. The van der Waals surface area contributed by atoms with Crippen LogP contribution >= 0.6 is 0 Å². The third-order valence-electron chi connectivity index (χ3n) is 4.06. The highest BCUT2D eigenvalue weighted by Gasteiger charge is 2.50. The van der Waals surface area contributed by atoms with Crippen molar-refractivity contribution in [1.29, 1.82) is 0 Å². The van der Waals surface area contributed by atoms with Crippen LogP contribution < -0.4 is 11.1 Å². The maximum Gasteiger partial charge on any atom is 0.0534 e. The Balaban J connectivity index is 1.81. The van der Waals surface area contributed by atoms with E-state index in [9.17, 15) is 0 Å². The topological polar surface area (TPSA) is 47.3 Å². The Morgan fingerprint density at radius 1 is 1.38 bits per heavy atom. The first-order valence-corrected chi connectivity index (χ1v) is 5.39. The lowest BCUT2D eigenvalue weighted by Gasteiger charge is -2.47. The summed E-state index contributed by atoms with van der Waals surface area (Å²) in [5, 5.41) is 3.78. The zero-order valence-corrected chi connectivity index (χ0v) is 7.96. The average Bonchev–Trinajstić information content (AvgIpc) is 2.23. The lowest BCUT2D eigenvalue weighted by Crippen LogP contribution is -2.61. The molecule has 0 aromatic rings. The highest BCUT2D eigenvalue weighted by atomic mass is 16.5. The molecule has 0 aliphatic carbocycles. The van der Waals surface area contributed by atoms with E-state index in [0.29, 0.717) is 17.6 Å². The fraction of sp³-hybridized carbons (Fsp3) is 1.00. The van der Waals surface area contributed by atoms with Crippen LogP contribution in [-0.2, 0) is 4.74 Å². The molecule has 13 heavy (non-hydrogen) atoms. The van der Waals surface area contributed by atoms with Crippen LogP contribution in [0.4, 0.5) is 0 Å². The van der Waals surface area contributed by atoms with Crippen molar-refractivity contribution in [3.63, 3.8) is 0 Å². The summed E-state index contributed by atoms with van der Waals surface area (Å²) in [5.41, 5.74) is 6.44. The molecule has 3 N–H and O–H groups in total. The van der Waals surface area contributed by atoms with E-state index in [-0.39, 0.29) is 0 Å². The minimum Gasteiger partial charge on any atom is -0.381 e. The van der Waals surface area contributed by atoms with Gasteiger partial charge in [0.05, 0.1) is 13.2 Å². The van der Waals surface area contributed by atoms with E-state index < -0.39 is 0 Å². The molecular weight excluding hydrogens is 164 g/mol. The molecule has 0 spiro atoms. The highest BCUT2D eigenvalue weighted by Crippen LogP contribution is 2.42. The zero-order valence-electron chi connectivity index (χ0n) is 7.96. The van der Waals surface area contributed by atoms with Crippen LogP contribution in [0.3, 0.4) is 0 Å². The second-order valence-electron chi connectivity index (χ2n) is 4.97. The molecule has 3 heteroatoms. The quantitative estimate of drug-likeness (QED) is 0.611. The van der Waals surface area contributed by atoms with E-state index in [2.05, 4.69) is 5.32 Å². The monoisotopic (exact) mass is 182 g/mol. The summed E-state index contributed by atoms with van der Waals surface area (Å²) in [6.07, 6.45) is 4.98. The third kappa shape index (κ3) is 1.14. The van der Waals surface area contributed by atoms with Crippen molar-refractivity contribution in [3.05, 3.63) is 0 Å². The van der Waals surface area contributed by atoms with Gasteiger partial charge in [-0.2, -0.15) is 0 Å². The molecule has 3 heterocycles. The van der Waals surface area contributed by atoms with Crippen molar-refractivity contribution in [2.45, 2.75) is 43.3 Å². The molecule has 0 amide bonds. The molecule has 0 aromatic carbocycles. The van der Waals surface area contributed by atoms with E-state index in [1.165, 1.54) is 19.3 Å². The predicted molar refractivity (Wildman–Crippen MR) is 50.4 cm³/mol. The van der Waals surface area contributed by atoms with Crippen LogP contribution in [0.2, 0.25) is 0 Å². The molecule has 3 unspecified atom stereocenters. The second kappa shape index (κ2) is 2.69. The number of nitrogens with two attached hydrogens (primary N) is 1. The number of rotatable bonds is 1. The number of fused-ring (bicyclic) bond motifs is 2. The van der Waals surface area contributed by atoms with Crippen molar-refractivity contribution in [2.75, 3.05) is 13.2 Å². The Morgan fingerprint density at radius 2 is 2.23 bits per heavy atom. The van der Waals surface area contributed by atoms with Gasteiger partial charge in [0.1, 0.15) is 0 Å². The van der Waals surface area contributed by atoms with Gasteiger partial charge in [0, 0.05) is 23.5 Å². The van der Waals surface area contributed by atoms with Crippen LogP contribution in [0.5, 0.6) is 0 Å². The molecule has 3 aliphatic rings. The van der Waals surface area contributed by atoms with Crippen molar-refractivity contribution >= 4 is 0 Å². The standard InChI is InChI=1S/C10H18N2O/c11-8-3-9-1-2-10(4-8,12-9)7-5-13-6-7/h7-9,12H,1-6,11H2. The van der Waals surface area contributed by atoms with Gasteiger partial charge in [-0.1, -0.05) is 0 Å². The summed E-state index contributed by atoms with van der Waals surface area (Å²) in [6, 6.07) is 1.12. The molecule has 0 aromatic heterocycles. The Labute approximate surface area is 79.0 Å². The molecular formula is C10H18N2O. The fourth-order valence-electron chi connectivity index (χ4n) is 3.28. The Morgan fingerprint density at radius 3 is 2.92 bits per heavy atom. The summed E-state index contributed by atoms with van der Waals surface area (Å²) in [5.74, 6) is 0.740. The highest BCUT2D eigenvalue weighted by molar-refractivity contribution is 5.09. The molecule has 0 saturated carbocycles. The first kappa shape index (κ1) is 8.21. The van der Waals surface area contributed by atoms with Gasteiger partial charge in [0.25, 0.3) is 0 Å². The minimum absolute atomic E-state index is 0.362. The summed E-state index contributed by atoms with van der Waals surface area (Å²) >= 11 is 0. The number of piperidine rings is 1. The van der Waals surface area contributed by atoms with Gasteiger partial charge in [-0.3, -0.25) is 0 Å². The lowest BCUT2D eigenvalue weighted by molar-refractivity contribution is -0.0829.